The number of ether oxygens (including phenoxy) is 2. The van der Waals surface area contributed by atoms with E-state index in [1.165, 1.54) is 11.3 Å². The van der Waals surface area contributed by atoms with E-state index in [-0.39, 0.29) is 6.04 Å². The molecule has 25 heavy (non-hydrogen) atoms. The zero-order valence-corrected chi connectivity index (χ0v) is 15.2. The molecule has 1 aromatic carbocycles. The predicted octanol–water partition coefficient (Wildman–Crippen LogP) is 2.93. The van der Waals surface area contributed by atoms with E-state index in [2.05, 4.69) is 27.4 Å². The van der Waals surface area contributed by atoms with Gasteiger partial charge in [-0.2, -0.15) is 4.98 Å². The number of rotatable bonds is 8. The predicted molar refractivity (Wildman–Crippen MR) is 95.0 cm³/mol. The first-order valence-corrected chi connectivity index (χ1v) is 8.82. The van der Waals surface area contributed by atoms with Crippen LogP contribution >= 0.6 is 11.3 Å². The van der Waals surface area contributed by atoms with Crippen molar-refractivity contribution in [1.82, 2.24) is 20.4 Å². The fourth-order valence-corrected chi connectivity index (χ4v) is 2.75. The molecule has 0 aliphatic carbocycles. The summed E-state index contributed by atoms with van der Waals surface area (Å²) in [4.78, 5) is 8.64. The van der Waals surface area contributed by atoms with E-state index >= 15 is 0 Å². The molecular weight excluding hydrogens is 340 g/mol. The summed E-state index contributed by atoms with van der Waals surface area (Å²) in [6.45, 7) is 2.46. The third-order valence-electron chi connectivity index (χ3n) is 3.72. The zero-order valence-electron chi connectivity index (χ0n) is 14.4. The summed E-state index contributed by atoms with van der Waals surface area (Å²) in [5.41, 5.74) is 3.45. The van der Waals surface area contributed by atoms with Crippen molar-refractivity contribution in [2.24, 2.45) is 0 Å². The number of nitrogens with one attached hydrogen (secondary N) is 1. The maximum atomic E-state index is 5.78. The quantitative estimate of drug-likeness (QED) is 0.661. The lowest BCUT2D eigenvalue weighted by atomic mass is 10.2. The SMILES string of the molecule is CNC(C)Cc1noc(-c2ccc(OCc3cscn3)c(OC)c2)n1. The van der Waals surface area contributed by atoms with E-state index in [0.717, 1.165) is 11.3 Å². The molecule has 0 saturated carbocycles. The monoisotopic (exact) mass is 360 g/mol. The van der Waals surface area contributed by atoms with Crippen molar-refractivity contribution >= 4 is 11.3 Å². The van der Waals surface area contributed by atoms with Gasteiger partial charge in [0.1, 0.15) is 6.61 Å². The number of methoxy groups -OCH3 is 1. The number of thiazole rings is 1. The maximum absolute atomic E-state index is 5.78. The van der Waals surface area contributed by atoms with Gasteiger partial charge in [-0.3, -0.25) is 0 Å². The average Bonchev–Trinajstić information content (AvgIpc) is 3.31. The van der Waals surface area contributed by atoms with Crippen molar-refractivity contribution in [3.8, 4) is 23.0 Å². The molecule has 0 amide bonds. The molecule has 2 heterocycles. The molecule has 8 heteroatoms. The standard InChI is InChI=1S/C17H20N4O3S/c1-11(18-2)6-16-20-17(24-21-16)12-4-5-14(15(7-12)22-3)23-8-13-9-25-10-19-13/h4-5,7,9-11,18H,6,8H2,1-3H3. The molecular formula is C17H20N4O3S. The Bertz CT molecular complexity index is 804. The van der Waals surface area contributed by atoms with Crippen LogP contribution in [0.2, 0.25) is 0 Å². The second-order valence-corrected chi connectivity index (χ2v) is 6.26. The average molecular weight is 360 g/mol. The Hall–Kier alpha value is -2.45. The Kier molecular flexibility index (Phi) is 5.62. The summed E-state index contributed by atoms with van der Waals surface area (Å²) in [6.07, 6.45) is 0.700. The van der Waals surface area contributed by atoms with Crippen LogP contribution in [-0.4, -0.2) is 35.3 Å². The fraction of sp³-hybridized carbons (Fsp3) is 0.353. The maximum Gasteiger partial charge on any atom is 0.258 e. The Morgan fingerprint density at radius 2 is 2.20 bits per heavy atom. The van der Waals surface area contributed by atoms with Crippen LogP contribution in [0.1, 0.15) is 18.4 Å². The highest BCUT2D eigenvalue weighted by atomic mass is 32.1. The highest BCUT2D eigenvalue weighted by Gasteiger charge is 2.14. The molecule has 0 fully saturated rings. The van der Waals surface area contributed by atoms with Gasteiger partial charge < -0.3 is 19.3 Å². The molecule has 3 rings (SSSR count). The Balaban J connectivity index is 1.74. The van der Waals surface area contributed by atoms with Crippen molar-refractivity contribution < 1.29 is 14.0 Å². The third-order valence-corrected chi connectivity index (χ3v) is 4.35. The Labute approximate surface area is 150 Å². The van der Waals surface area contributed by atoms with Crippen LogP contribution in [0.15, 0.2) is 33.6 Å². The lowest BCUT2D eigenvalue weighted by Gasteiger charge is -2.10. The summed E-state index contributed by atoms with van der Waals surface area (Å²) in [5, 5.41) is 9.13. The summed E-state index contributed by atoms with van der Waals surface area (Å²) in [5.74, 6) is 2.38. The summed E-state index contributed by atoms with van der Waals surface area (Å²) in [6, 6.07) is 5.81. The first-order valence-electron chi connectivity index (χ1n) is 7.87. The minimum Gasteiger partial charge on any atom is -0.493 e. The van der Waals surface area contributed by atoms with Gasteiger partial charge in [0.15, 0.2) is 17.3 Å². The minimum absolute atomic E-state index is 0.279. The first-order chi connectivity index (χ1) is 12.2. The summed E-state index contributed by atoms with van der Waals surface area (Å²) in [7, 11) is 3.50. The number of hydrogen-bond acceptors (Lipinski definition) is 8. The van der Waals surface area contributed by atoms with E-state index in [0.29, 0.717) is 36.2 Å². The smallest absolute Gasteiger partial charge is 0.258 e. The van der Waals surface area contributed by atoms with Crippen LogP contribution in [0.5, 0.6) is 11.5 Å². The van der Waals surface area contributed by atoms with Crippen molar-refractivity contribution in [1.29, 1.82) is 0 Å². The second-order valence-electron chi connectivity index (χ2n) is 5.54. The molecule has 0 bridgehead atoms. The van der Waals surface area contributed by atoms with Gasteiger partial charge in [-0.1, -0.05) is 5.16 Å². The van der Waals surface area contributed by atoms with Crippen LogP contribution in [0.4, 0.5) is 0 Å². The summed E-state index contributed by atoms with van der Waals surface area (Å²) < 4.78 is 16.6. The minimum atomic E-state index is 0.279. The molecule has 0 spiro atoms. The van der Waals surface area contributed by atoms with Gasteiger partial charge in [0.25, 0.3) is 5.89 Å². The lowest BCUT2D eigenvalue weighted by molar-refractivity contribution is 0.281. The van der Waals surface area contributed by atoms with Crippen molar-refractivity contribution in [2.75, 3.05) is 14.2 Å². The van der Waals surface area contributed by atoms with Gasteiger partial charge in [0, 0.05) is 23.4 Å². The molecule has 0 radical (unpaired) electrons. The molecule has 1 atom stereocenters. The van der Waals surface area contributed by atoms with E-state index in [1.807, 2.05) is 30.6 Å². The molecule has 1 unspecified atom stereocenters. The molecule has 0 saturated heterocycles. The number of hydrogen-bond donors (Lipinski definition) is 1. The largest absolute Gasteiger partial charge is 0.493 e. The molecule has 3 aromatic rings. The van der Waals surface area contributed by atoms with Gasteiger partial charge in [0.2, 0.25) is 0 Å². The number of nitrogens with zero attached hydrogens (tertiary/aromatic N) is 3. The van der Waals surface area contributed by atoms with Crippen LogP contribution in [0.3, 0.4) is 0 Å². The lowest BCUT2D eigenvalue weighted by Crippen LogP contribution is -2.24. The second kappa shape index (κ2) is 8.09. The topological polar surface area (TPSA) is 82.3 Å². The van der Waals surface area contributed by atoms with Gasteiger partial charge >= 0.3 is 0 Å². The Morgan fingerprint density at radius 1 is 1.32 bits per heavy atom. The Morgan fingerprint density at radius 3 is 2.92 bits per heavy atom. The number of likely N-dealkylation sites (N-methyl/N-ethyl adjacent to an activating group) is 1. The molecule has 0 aliphatic rings. The van der Waals surface area contributed by atoms with Crippen molar-refractivity contribution in [2.45, 2.75) is 26.0 Å². The van der Waals surface area contributed by atoms with Gasteiger partial charge in [0.05, 0.1) is 18.3 Å². The normalized spacial score (nSPS) is 12.1. The molecule has 7 nitrogen and oxygen atoms in total. The van der Waals surface area contributed by atoms with Crippen LogP contribution in [0, 0.1) is 0 Å². The van der Waals surface area contributed by atoms with Crippen LogP contribution in [-0.2, 0) is 13.0 Å². The fourth-order valence-electron chi connectivity index (χ4n) is 2.21. The number of aromatic nitrogens is 3. The van der Waals surface area contributed by atoms with E-state index in [4.69, 9.17) is 14.0 Å². The first kappa shape index (κ1) is 17.4. The number of benzene rings is 1. The zero-order chi connectivity index (χ0) is 17.6. The van der Waals surface area contributed by atoms with Crippen LogP contribution in [0.25, 0.3) is 11.5 Å². The van der Waals surface area contributed by atoms with Gasteiger partial charge in [-0.15, -0.1) is 11.3 Å². The third kappa shape index (κ3) is 4.34. The van der Waals surface area contributed by atoms with Gasteiger partial charge in [-0.25, -0.2) is 4.98 Å². The van der Waals surface area contributed by atoms with Crippen LogP contribution < -0.4 is 14.8 Å². The van der Waals surface area contributed by atoms with E-state index in [9.17, 15) is 0 Å². The highest BCUT2D eigenvalue weighted by molar-refractivity contribution is 7.07. The van der Waals surface area contributed by atoms with Crippen molar-refractivity contribution in [3.05, 3.63) is 40.6 Å². The van der Waals surface area contributed by atoms with Crippen molar-refractivity contribution in [3.63, 3.8) is 0 Å². The molecule has 0 aliphatic heterocycles. The van der Waals surface area contributed by atoms with E-state index in [1.54, 1.807) is 12.6 Å². The van der Waals surface area contributed by atoms with E-state index < -0.39 is 0 Å². The molecule has 132 valence electrons. The van der Waals surface area contributed by atoms with Gasteiger partial charge in [-0.05, 0) is 32.2 Å². The highest BCUT2D eigenvalue weighted by Crippen LogP contribution is 2.32. The molecule has 1 N–H and O–H groups in total. The summed E-state index contributed by atoms with van der Waals surface area (Å²) >= 11 is 1.54. The molecule has 2 aromatic heterocycles.